The van der Waals surface area contributed by atoms with Crippen molar-refractivity contribution in [1.82, 2.24) is 19.1 Å². The Labute approximate surface area is 197 Å². The SMILES string of the molecule is CCCCCCCCCCCCSc1nc2c(c(=O)[nH]c(=O)n2C)n1CCCCCCC. The molecule has 0 unspecified atom stereocenters. The lowest BCUT2D eigenvalue weighted by Gasteiger charge is -2.08. The lowest BCUT2D eigenvalue weighted by atomic mass is 10.1. The summed E-state index contributed by atoms with van der Waals surface area (Å²) in [5.74, 6) is 1.00. The average Bonchev–Trinajstić information content (AvgIpc) is 3.15. The Morgan fingerprint density at radius 1 is 0.781 bits per heavy atom. The summed E-state index contributed by atoms with van der Waals surface area (Å²) in [4.78, 5) is 31.7. The molecule has 0 saturated carbocycles. The number of nitrogens with zero attached hydrogens (tertiary/aromatic N) is 3. The first kappa shape index (κ1) is 26.7. The lowest BCUT2D eigenvalue weighted by Crippen LogP contribution is -2.29. The number of rotatable bonds is 18. The van der Waals surface area contributed by atoms with Gasteiger partial charge in [0.05, 0.1) is 0 Å². The lowest BCUT2D eigenvalue weighted by molar-refractivity contribution is 0.551. The van der Waals surface area contributed by atoms with Crippen molar-refractivity contribution in [2.75, 3.05) is 5.75 Å². The highest BCUT2D eigenvalue weighted by Gasteiger charge is 2.17. The van der Waals surface area contributed by atoms with E-state index in [0.717, 1.165) is 36.7 Å². The summed E-state index contributed by atoms with van der Waals surface area (Å²) < 4.78 is 3.50. The Morgan fingerprint density at radius 3 is 1.91 bits per heavy atom. The van der Waals surface area contributed by atoms with Crippen LogP contribution >= 0.6 is 11.8 Å². The molecule has 7 heteroatoms. The molecule has 0 spiro atoms. The number of aromatic amines is 1. The monoisotopic (exact) mass is 464 g/mol. The minimum Gasteiger partial charge on any atom is -0.313 e. The molecular weight excluding hydrogens is 420 g/mol. The number of aryl methyl sites for hydroxylation is 2. The Hall–Kier alpha value is -1.50. The number of hydrogen-bond acceptors (Lipinski definition) is 4. The molecule has 0 saturated heterocycles. The fraction of sp³-hybridized carbons (Fsp3) is 0.800. The molecule has 2 heterocycles. The van der Waals surface area contributed by atoms with Gasteiger partial charge in [0.15, 0.2) is 16.3 Å². The van der Waals surface area contributed by atoms with Gasteiger partial charge in [-0.25, -0.2) is 9.78 Å². The van der Waals surface area contributed by atoms with E-state index in [1.54, 1.807) is 18.8 Å². The van der Waals surface area contributed by atoms with Crippen molar-refractivity contribution in [3.63, 3.8) is 0 Å². The quantitative estimate of drug-likeness (QED) is 0.204. The minimum absolute atomic E-state index is 0.324. The summed E-state index contributed by atoms with van der Waals surface area (Å²) >= 11 is 1.73. The fourth-order valence-corrected chi connectivity index (χ4v) is 5.18. The molecule has 1 N–H and O–H groups in total. The van der Waals surface area contributed by atoms with Crippen LogP contribution in [0.2, 0.25) is 0 Å². The molecule has 2 aromatic heterocycles. The second-order valence-corrected chi connectivity index (χ2v) is 10.0. The second-order valence-electron chi connectivity index (χ2n) is 8.98. The normalized spacial score (nSPS) is 11.6. The predicted molar refractivity (Wildman–Crippen MR) is 137 cm³/mol. The molecule has 0 aromatic carbocycles. The van der Waals surface area contributed by atoms with E-state index in [0.29, 0.717) is 11.2 Å². The maximum atomic E-state index is 12.5. The third-order valence-electron chi connectivity index (χ3n) is 6.19. The molecule has 32 heavy (non-hydrogen) atoms. The van der Waals surface area contributed by atoms with Crippen molar-refractivity contribution in [3.05, 3.63) is 20.8 Å². The molecule has 0 radical (unpaired) electrons. The van der Waals surface area contributed by atoms with Gasteiger partial charge in [-0.3, -0.25) is 14.3 Å². The zero-order valence-corrected chi connectivity index (χ0v) is 21.4. The van der Waals surface area contributed by atoms with Gasteiger partial charge in [0.2, 0.25) is 0 Å². The van der Waals surface area contributed by atoms with E-state index in [4.69, 9.17) is 4.98 Å². The van der Waals surface area contributed by atoms with Crippen LogP contribution in [0.3, 0.4) is 0 Å². The minimum atomic E-state index is -0.402. The van der Waals surface area contributed by atoms with Crippen LogP contribution in [0.15, 0.2) is 14.7 Å². The van der Waals surface area contributed by atoms with Gasteiger partial charge in [-0.05, 0) is 12.8 Å². The van der Waals surface area contributed by atoms with Crippen molar-refractivity contribution in [1.29, 1.82) is 0 Å². The smallest absolute Gasteiger partial charge is 0.313 e. The zero-order valence-electron chi connectivity index (χ0n) is 20.6. The predicted octanol–water partition coefficient (Wildman–Crippen LogP) is 6.41. The van der Waals surface area contributed by atoms with Crippen LogP contribution in [-0.4, -0.2) is 24.9 Å². The van der Waals surface area contributed by atoms with Gasteiger partial charge in [-0.15, -0.1) is 0 Å². The largest absolute Gasteiger partial charge is 0.329 e. The van der Waals surface area contributed by atoms with Crippen molar-refractivity contribution >= 4 is 22.9 Å². The zero-order chi connectivity index (χ0) is 23.2. The van der Waals surface area contributed by atoms with Crippen LogP contribution in [0.4, 0.5) is 0 Å². The van der Waals surface area contributed by atoms with Gasteiger partial charge < -0.3 is 4.57 Å². The third kappa shape index (κ3) is 8.45. The van der Waals surface area contributed by atoms with E-state index in [9.17, 15) is 9.59 Å². The van der Waals surface area contributed by atoms with Crippen LogP contribution in [0.25, 0.3) is 11.2 Å². The van der Waals surface area contributed by atoms with Gasteiger partial charge >= 0.3 is 5.69 Å². The number of thioether (sulfide) groups is 1. The number of hydrogen-bond donors (Lipinski definition) is 1. The van der Waals surface area contributed by atoms with E-state index in [2.05, 4.69) is 18.8 Å². The molecule has 0 atom stereocenters. The standard InChI is InChI=1S/C25H44N4O2S/c1-4-6-8-10-11-12-13-14-16-18-20-32-25-26-22-21(23(30)27-24(31)28(22)3)29(25)19-17-15-9-7-5-2/h4-20H2,1-3H3,(H,27,30,31). The molecule has 0 fully saturated rings. The maximum Gasteiger partial charge on any atom is 0.329 e. The van der Waals surface area contributed by atoms with Crippen molar-refractivity contribution in [2.24, 2.45) is 7.05 Å². The number of H-pyrrole nitrogens is 1. The molecule has 0 aliphatic rings. The molecule has 0 bridgehead atoms. The average molecular weight is 465 g/mol. The summed E-state index contributed by atoms with van der Waals surface area (Å²) in [6, 6.07) is 0. The fourth-order valence-electron chi connectivity index (χ4n) is 4.16. The van der Waals surface area contributed by atoms with Crippen molar-refractivity contribution < 1.29 is 0 Å². The Kier molecular flexibility index (Phi) is 12.8. The number of unbranched alkanes of at least 4 members (excludes halogenated alkanes) is 13. The number of nitrogens with one attached hydrogen (secondary N) is 1. The first-order valence-corrected chi connectivity index (χ1v) is 13.9. The molecule has 6 nitrogen and oxygen atoms in total. The van der Waals surface area contributed by atoms with Gasteiger partial charge in [-0.2, -0.15) is 0 Å². The number of imidazole rings is 1. The molecule has 0 aliphatic heterocycles. The first-order chi connectivity index (χ1) is 15.6. The van der Waals surface area contributed by atoms with Crippen molar-refractivity contribution in [3.8, 4) is 0 Å². The molecule has 0 amide bonds. The second kappa shape index (κ2) is 15.4. The van der Waals surface area contributed by atoms with Gasteiger partial charge in [0, 0.05) is 19.3 Å². The maximum absolute atomic E-state index is 12.5. The van der Waals surface area contributed by atoms with Gasteiger partial charge in [0.25, 0.3) is 5.56 Å². The summed E-state index contributed by atoms with van der Waals surface area (Å²) in [6.45, 7) is 5.26. The van der Waals surface area contributed by atoms with Crippen LogP contribution in [0, 0.1) is 0 Å². The highest BCUT2D eigenvalue weighted by Crippen LogP contribution is 2.24. The van der Waals surface area contributed by atoms with Crippen LogP contribution < -0.4 is 11.2 Å². The molecule has 2 aromatic rings. The van der Waals surface area contributed by atoms with Crippen LogP contribution in [-0.2, 0) is 13.6 Å². The Morgan fingerprint density at radius 2 is 1.31 bits per heavy atom. The van der Waals surface area contributed by atoms with E-state index in [-0.39, 0.29) is 5.56 Å². The molecule has 2 rings (SSSR count). The Bertz CT molecular complexity index is 900. The van der Waals surface area contributed by atoms with E-state index in [1.165, 1.54) is 81.6 Å². The molecular formula is C25H44N4O2S. The highest BCUT2D eigenvalue weighted by molar-refractivity contribution is 7.99. The molecule has 182 valence electrons. The third-order valence-corrected chi connectivity index (χ3v) is 7.25. The first-order valence-electron chi connectivity index (χ1n) is 12.9. The van der Waals surface area contributed by atoms with E-state index < -0.39 is 5.69 Å². The summed E-state index contributed by atoms with van der Waals surface area (Å²) in [5.41, 5.74) is 0.308. The Balaban J connectivity index is 1.87. The van der Waals surface area contributed by atoms with Crippen LogP contribution in [0.1, 0.15) is 110 Å². The number of aromatic nitrogens is 4. The topological polar surface area (TPSA) is 72.7 Å². The number of fused-ring (bicyclic) bond motifs is 1. The van der Waals surface area contributed by atoms with Crippen LogP contribution in [0.5, 0.6) is 0 Å². The van der Waals surface area contributed by atoms with Crippen molar-refractivity contribution in [2.45, 2.75) is 122 Å². The summed E-state index contributed by atoms with van der Waals surface area (Å²) in [5, 5.41) is 0.873. The summed E-state index contributed by atoms with van der Waals surface area (Å²) in [6.07, 6.45) is 19.1. The summed E-state index contributed by atoms with van der Waals surface area (Å²) in [7, 11) is 1.68. The van der Waals surface area contributed by atoms with E-state index in [1.807, 2.05) is 4.57 Å². The van der Waals surface area contributed by atoms with Gasteiger partial charge in [0.1, 0.15) is 0 Å². The van der Waals surface area contributed by atoms with E-state index >= 15 is 0 Å². The van der Waals surface area contributed by atoms with Gasteiger partial charge in [-0.1, -0.05) is 109 Å². The molecule has 0 aliphatic carbocycles. The highest BCUT2D eigenvalue weighted by atomic mass is 32.2.